The van der Waals surface area contributed by atoms with Crippen LogP contribution in [0.15, 0.2) is 29.4 Å². The lowest BCUT2D eigenvalue weighted by atomic mass is 9.90. The number of aliphatic carboxylic acids is 1. The molecule has 0 unspecified atom stereocenters. The van der Waals surface area contributed by atoms with Crippen molar-refractivity contribution >= 4 is 12.1 Å². The fourth-order valence-corrected chi connectivity index (χ4v) is 2.24. The first-order valence-electron chi connectivity index (χ1n) is 5.41. The van der Waals surface area contributed by atoms with E-state index in [0.717, 1.165) is 4.90 Å². The van der Waals surface area contributed by atoms with Gasteiger partial charge in [-0.1, -0.05) is 29.4 Å². The molecular weight excluding hydrogens is 252 g/mol. The molecule has 0 radical (unpaired) electrons. The van der Waals surface area contributed by atoms with Crippen LogP contribution in [0.3, 0.4) is 0 Å². The molecule has 1 heterocycles. The molecule has 2 atom stereocenters. The number of fused-ring (bicyclic) bond motifs is 1. The summed E-state index contributed by atoms with van der Waals surface area (Å²) in [5.74, 6) is -1.26. The van der Waals surface area contributed by atoms with E-state index >= 15 is 0 Å². The van der Waals surface area contributed by atoms with Crippen molar-refractivity contribution in [3.05, 3.63) is 45.8 Å². The topological polar surface area (TPSA) is 127 Å². The van der Waals surface area contributed by atoms with E-state index in [0.29, 0.717) is 11.1 Å². The Morgan fingerprint density at radius 2 is 1.95 bits per heavy atom. The Morgan fingerprint density at radius 1 is 1.32 bits per heavy atom. The van der Waals surface area contributed by atoms with Gasteiger partial charge in [0.25, 0.3) is 0 Å². The third-order valence-corrected chi connectivity index (χ3v) is 3.00. The SMILES string of the molecule is [N-]=[N+]=N[C@@H]1CN(C(=O)O)[C@@H](C(=O)O)c2ccccc21. The van der Waals surface area contributed by atoms with Gasteiger partial charge in [0.2, 0.25) is 0 Å². The number of carbonyl (C=O) groups is 2. The second-order valence-corrected chi connectivity index (χ2v) is 4.03. The first kappa shape index (κ1) is 12.7. The van der Waals surface area contributed by atoms with Crippen molar-refractivity contribution in [3.63, 3.8) is 0 Å². The van der Waals surface area contributed by atoms with Crippen LogP contribution in [-0.4, -0.2) is 33.7 Å². The predicted octanol–water partition coefficient (Wildman–Crippen LogP) is 2.16. The van der Waals surface area contributed by atoms with E-state index in [1.165, 1.54) is 6.07 Å². The van der Waals surface area contributed by atoms with Gasteiger partial charge in [0, 0.05) is 11.5 Å². The van der Waals surface area contributed by atoms with E-state index in [9.17, 15) is 14.7 Å². The van der Waals surface area contributed by atoms with Crippen molar-refractivity contribution in [2.45, 2.75) is 12.1 Å². The van der Waals surface area contributed by atoms with Crippen LogP contribution in [0.1, 0.15) is 23.2 Å². The second-order valence-electron chi connectivity index (χ2n) is 4.03. The van der Waals surface area contributed by atoms with Gasteiger partial charge in [-0.15, -0.1) is 0 Å². The molecule has 1 aromatic rings. The lowest BCUT2D eigenvalue weighted by Crippen LogP contribution is -2.44. The van der Waals surface area contributed by atoms with Crippen LogP contribution in [-0.2, 0) is 4.79 Å². The van der Waals surface area contributed by atoms with Gasteiger partial charge in [-0.3, -0.25) is 4.90 Å². The molecule has 8 heteroatoms. The quantitative estimate of drug-likeness (QED) is 0.480. The van der Waals surface area contributed by atoms with Gasteiger partial charge in [-0.2, -0.15) is 0 Å². The molecule has 8 nitrogen and oxygen atoms in total. The highest BCUT2D eigenvalue weighted by molar-refractivity contribution is 5.82. The standard InChI is InChI=1S/C11H10N4O4/c12-14-13-8-5-15(11(18)19)9(10(16)17)7-4-2-1-3-6(7)8/h1-4,8-9H,5H2,(H,16,17)(H,18,19)/t8-,9-/m1/s1. The smallest absolute Gasteiger partial charge is 0.408 e. The summed E-state index contributed by atoms with van der Waals surface area (Å²) in [5, 5.41) is 21.8. The lowest BCUT2D eigenvalue weighted by molar-refractivity contribution is -0.143. The van der Waals surface area contributed by atoms with Gasteiger partial charge in [-0.25, -0.2) is 9.59 Å². The van der Waals surface area contributed by atoms with Crippen molar-refractivity contribution < 1.29 is 19.8 Å². The number of rotatable bonds is 2. The molecule has 1 aliphatic rings. The van der Waals surface area contributed by atoms with Crippen LogP contribution < -0.4 is 0 Å². The maximum Gasteiger partial charge on any atom is 0.408 e. The second kappa shape index (κ2) is 4.87. The van der Waals surface area contributed by atoms with Gasteiger partial charge in [0.15, 0.2) is 6.04 Å². The molecule has 2 rings (SSSR count). The third-order valence-electron chi connectivity index (χ3n) is 3.00. The monoisotopic (exact) mass is 262 g/mol. The maximum atomic E-state index is 11.3. The van der Waals surface area contributed by atoms with E-state index in [1.807, 2.05) is 0 Å². The minimum absolute atomic E-state index is 0.173. The van der Waals surface area contributed by atoms with E-state index in [2.05, 4.69) is 10.0 Å². The molecule has 2 N–H and O–H groups in total. The lowest BCUT2D eigenvalue weighted by Gasteiger charge is -2.35. The van der Waals surface area contributed by atoms with Crippen molar-refractivity contribution in [1.82, 2.24) is 4.90 Å². The fourth-order valence-electron chi connectivity index (χ4n) is 2.24. The molecule has 0 aliphatic carbocycles. The number of azide groups is 1. The number of nitrogens with zero attached hydrogens (tertiary/aromatic N) is 4. The molecule has 0 saturated heterocycles. The zero-order valence-corrected chi connectivity index (χ0v) is 9.67. The van der Waals surface area contributed by atoms with Gasteiger partial charge < -0.3 is 10.2 Å². The summed E-state index contributed by atoms with van der Waals surface area (Å²) >= 11 is 0. The number of amides is 1. The molecule has 0 fully saturated rings. The van der Waals surface area contributed by atoms with Crippen LogP contribution in [0.4, 0.5) is 4.79 Å². The summed E-state index contributed by atoms with van der Waals surface area (Å²) in [5.41, 5.74) is 9.40. The van der Waals surface area contributed by atoms with E-state index < -0.39 is 24.1 Å². The number of benzene rings is 1. The third kappa shape index (κ3) is 2.16. The molecule has 0 saturated carbocycles. The van der Waals surface area contributed by atoms with Gasteiger partial charge in [0.05, 0.1) is 6.04 Å². The molecule has 1 amide bonds. The Kier molecular flexibility index (Phi) is 3.26. The van der Waals surface area contributed by atoms with Crippen molar-refractivity contribution in [3.8, 4) is 0 Å². The highest BCUT2D eigenvalue weighted by atomic mass is 16.4. The molecule has 1 aromatic carbocycles. The zero-order chi connectivity index (χ0) is 14.0. The van der Waals surface area contributed by atoms with E-state index in [-0.39, 0.29) is 6.54 Å². The maximum absolute atomic E-state index is 11.3. The minimum atomic E-state index is -1.36. The van der Waals surface area contributed by atoms with Crippen molar-refractivity contribution in [2.24, 2.45) is 5.11 Å². The Labute approximate surface area is 107 Å². The summed E-state index contributed by atoms with van der Waals surface area (Å²) in [6.45, 7) is -0.173. The summed E-state index contributed by atoms with van der Waals surface area (Å²) in [6.07, 6.45) is -1.36. The fraction of sp³-hybridized carbons (Fsp3) is 0.273. The summed E-state index contributed by atoms with van der Waals surface area (Å²) in [7, 11) is 0. The van der Waals surface area contributed by atoms with Crippen LogP contribution in [0.5, 0.6) is 0 Å². The Morgan fingerprint density at radius 3 is 2.47 bits per heavy atom. The summed E-state index contributed by atoms with van der Waals surface area (Å²) in [6, 6.07) is 4.49. The predicted molar refractivity (Wildman–Crippen MR) is 63.4 cm³/mol. The number of carboxylic acid groups (broad SMARTS) is 2. The van der Waals surface area contributed by atoms with Gasteiger partial charge >= 0.3 is 12.1 Å². The van der Waals surface area contributed by atoms with Crippen LogP contribution in [0.2, 0.25) is 0 Å². The number of carboxylic acids is 1. The van der Waals surface area contributed by atoms with Crippen LogP contribution in [0, 0.1) is 0 Å². The molecule has 19 heavy (non-hydrogen) atoms. The first-order valence-corrected chi connectivity index (χ1v) is 5.41. The van der Waals surface area contributed by atoms with Crippen molar-refractivity contribution in [2.75, 3.05) is 6.54 Å². The highest BCUT2D eigenvalue weighted by Gasteiger charge is 2.39. The van der Waals surface area contributed by atoms with E-state index in [4.69, 9.17) is 10.6 Å². The molecular formula is C11H10N4O4. The molecule has 0 bridgehead atoms. The number of hydrogen-bond donors (Lipinski definition) is 2. The molecule has 0 spiro atoms. The first-order chi connectivity index (χ1) is 9.06. The molecule has 1 aliphatic heterocycles. The Balaban J connectivity index is 2.59. The van der Waals surface area contributed by atoms with E-state index in [1.54, 1.807) is 18.2 Å². The Bertz CT molecular complexity index is 582. The molecule has 0 aromatic heterocycles. The van der Waals surface area contributed by atoms with Gasteiger partial charge in [0.1, 0.15) is 0 Å². The largest absolute Gasteiger partial charge is 0.479 e. The Hall–Kier alpha value is -2.73. The summed E-state index contributed by atoms with van der Waals surface area (Å²) in [4.78, 5) is 25.9. The molecule has 98 valence electrons. The average Bonchev–Trinajstić information content (AvgIpc) is 2.38. The summed E-state index contributed by atoms with van der Waals surface area (Å²) < 4.78 is 0. The van der Waals surface area contributed by atoms with Crippen LogP contribution in [0.25, 0.3) is 10.4 Å². The van der Waals surface area contributed by atoms with Gasteiger partial charge in [-0.05, 0) is 16.7 Å². The minimum Gasteiger partial charge on any atom is -0.479 e. The zero-order valence-electron chi connectivity index (χ0n) is 9.67. The normalized spacial score (nSPS) is 21.2. The highest BCUT2D eigenvalue weighted by Crippen LogP contribution is 2.36. The number of hydrogen-bond acceptors (Lipinski definition) is 3. The van der Waals surface area contributed by atoms with Crippen LogP contribution >= 0.6 is 0 Å². The average molecular weight is 262 g/mol. The van der Waals surface area contributed by atoms with Crippen molar-refractivity contribution in [1.29, 1.82) is 0 Å².